The normalized spacial score (nSPS) is 19.1. The predicted molar refractivity (Wildman–Crippen MR) is 90.4 cm³/mol. The average Bonchev–Trinajstić information content (AvgIpc) is 2.70. The molecular formula is C15H14Br2O3S. The number of fused-ring (bicyclic) bond motifs is 1. The Morgan fingerprint density at radius 3 is 2.57 bits per heavy atom. The van der Waals surface area contributed by atoms with E-state index in [0.29, 0.717) is 24.9 Å². The second kappa shape index (κ2) is 6.28. The van der Waals surface area contributed by atoms with Crippen molar-refractivity contribution in [2.45, 2.75) is 13.0 Å². The third-order valence-corrected chi connectivity index (χ3v) is 6.57. The number of halogens is 2. The van der Waals surface area contributed by atoms with Gasteiger partial charge in [0.2, 0.25) is 0 Å². The molecule has 112 valence electrons. The molecule has 1 aliphatic rings. The van der Waals surface area contributed by atoms with Crippen molar-refractivity contribution < 1.29 is 14.6 Å². The van der Waals surface area contributed by atoms with Gasteiger partial charge in [-0.15, -0.1) is 11.3 Å². The van der Waals surface area contributed by atoms with Crippen LogP contribution in [-0.2, 0) is 0 Å². The molecule has 0 saturated heterocycles. The Morgan fingerprint density at radius 1 is 1.19 bits per heavy atom. The van der Waals surface area contributed by atoms with Gasteiger partial charge in [0.25, 0.3) is 0 Å². The van der Waals surface area contributed by atoms with Crippen molar-refractivity contribution >= 4 is 43.2 Å². The minimum atomic E-state index is -0.674. The van der Waals surface area contributed by atoms with Crippen molar-refractivity contribution in [1.29, 1.82) is 0 Å². The summed E-state index contributed by atoms with van der Waals surface area (Å²) < 4.78 is 13.4. The number of hydrogen-bond acceptors (Lipinski definition) is 4. The fourth-order valence-corrected chi connectivity index (χ4v) is 4.21. The van der Waals surface area contributed by atoms with Gasteiger partial charge in [0, 0.05) is 15.3 Å². The highest BCUT2D eigenvalue weighted by Gasteiger charge is 2.20. The van der Waals surface area contributed by atoms with Crippen LogP contribution in [0.15, 0.2) is 32.5 Å². The summed E-state index contributed by atoms with van der Waals surface area (Å²) in [6.45, 7) is 3.37. The lowest BCUT2D eigenvalue weighted by Gasteiger charge is -2.12. The standard InChI is InChI=1S/C15H14Br2O3S/c1-8-6-19-11-3-2-9(4-12(11)20-7-8)14(18)13-5-10(16)15(17)21-13/h2-5,8,14,18H,6-7H2,1H3. The fraction of sp³-hybridized carbons (Fsp3) is 0.333. The topological polar surface area (TPSA) is 38.7 Å². The highest BCUT2D eigenvalue weighted by molar-refractivity contribution is 9.13. The van der Waals surface area contributed by atoms with Gasteiger partial charge in [-0.1, -0.05) is 13.0 Å². The van der Waals surface area contributed by atoms with Gasteiger partial charge in [0.15, 0.2) is 11.5 Å². The third kappa shape index (κ3) is 3.28. The van der Waals surface area contributed by atoms with E-state index in [9.17, 15) is 5.11 Å². The van der Waals surface area contributed by atoms with Crippen LogP contribution in [-0.4, -0.2) is 18.3 Å². The van der Waals surface area contributed by atoms with Crippen molar-refractivity contribution in [3.8, 4) is 11.5 Å². The van der Waals surface area contributed by atoms with Crippen LogP contribution < -0.4 is 9.47 Å². The van der Waals surface area contributed by atoms with Gasteiger partial charge in [-0.3, -0.25) is 0 Å². The Labute approximate surface area is 144 Å². The molecule has 1 aromatic carbocycles. The Morgan fingerprint density at radius 2 is 1.90 bits per heavy atom. The zero-order valence-corrected chi connectivity index (χ0v) is 15.3. The summed E-state index contributed by atoms with van der Waals surface area (Å²) >= 11 is 8.40. The van der Waals surface area contributed by atoms with E-state index in [0.717, 1.165) is 24.4 Å². The summed E-state index contributed by atoms with van der Waals surface area (Å²) in [5, 5.41) is 10.5. The third-order valence-electron chi connectivity index (χ3n) is 3.26. The molecular weight excluding hydrogens is 420 g/mol. The molecule has 2 aromatic rings. The van der Waals surface area contributed by atoms with E-state index in [1.165, 1.54) is 11.3 Å². The molecule has 0 saturated carbocycles. The highest BCUT2D eigenvalue weighted by atomic mass is 79.9. The molecule has 1 N–H and O–H groups in total. The van der Waals surface area contributed by atoms with Crippen molar-refractivity contribution in [1.82, 2.24) is 0 Å². The van der Waals surface area contributed by atoms with Crippen LogP contribution in [0.1, 0.15) is 23.5 Å². The maximum absolute atomic E-state index is 10.5. The number of hydrogen-bond donors (Lipinski definition) is 1. The lowest BCUT2D eigenvalue weighted by Crippen LogP contribution is -2.12. The van der Waals surface area contributed by atoms with Gasteiger partial charge in [0.05, 0.1) is 17.0 Å². The second-order valence-electron chi connectivity index (χ2n) is 5.11. The lowest BCUT2D eigenvalue weighted by molar-refractivity contribution is 0.221. The first-order valence-electron chi connectivity index (χ1n) is 6.57. The van der Waals surface area contributed by atoms with Gasteiger partial charge in [0.1, 0.15) is 6.10 Å². The lowest BCUT2D eigenvalue weighted by atomic mass is 10.1. The molecule has 3 nitrogen and oxygen atoms in total. The minimum absolute atomic E-state index is 0.356. The van der Waals surface area contributed by atoms with Crippen LogP contribution in [0.2, 0.25) is 0 Å². The van der Waals surface area contributed by atoms with Crippen molar-refractivity contribution in [2.75, 3.05) is 13.2 Å². The summed E-state index contributed by atoms with van der Waals surface area (Å²) in [4.78, 5) is 0.872. The van der Waals surface area contributed by atoms with Crippen LogP contribution >= 0.6 is 43.2 Å². The Balaban J connectivity index is 1.89. The summed E-state index contributed by atoms with van der Waals surface area (Å²) in [6, 6.07) is 7.53. The van der Waals surface area contributed by atoms with E-state index >= 15 is 0 Å². The van der Waals surface area contributed by atoms with Crippen molar-refractivity contribution in [2.24, 2.45) is 5.92 Å². The molecule has 3 rings (SSSR count). The minimum Gasteiger partial charge on any atom is -0.489 e. The zero-order chi connectivity index (χ0) is 15.0. The van der Waals surface area contributed by atoms with E-state index in [1.807, 2.05) is 24.3 Å². The molecule has 2 heterocycles. The molecule has 6 heteroatoms. The number of aliphatic hydroxyl groups excluding tert-OH is 1. The molecule has 0 spiro atoms. The molecule has 0 aliphatic carbocycles. The van der Waals surface area contributed by atoms with Gasteiger partial charge in [-0.2, -0.15) is 0 Å². The van der Waals surface area contributed by atoms with Crippen LogP contribution in [0.3, 0.4) is 0 Å². The van der Waals surface area contributed by atoms with Crippen LogP contribution in [0.4, 0.5) is 0 Å². The van der Waals surface area contributed by atoms with E-state index in [2.05, 4.69) is 38.8 Å². The molecule has 0 bridgehead atoms. The van der Waals surface area contributed by atoms with Crippen LogP contribution in [0.25, 0.3) is 0 Å². The maximum Gasteiger partial charge on any atom is 0.161 e. The zero-order valence-electron chi connectivity index (χ0n) is 11.3. The van der Waals surface area contributed by atoms with E-state index in [1.54, 1.807) is 0 Å². The maximum atomic E-state index is 10.5. The van der Waals surface area contributed by atoms with E-state index in [4.69, 9.17) is 9.47 Å². The molecule has 1 aliphatic heterocycles. The van der Waals surface area contributed by atoms with Gasteiger partial charge in [-0.25, -0.2) is 0 Å². The first-order chi connectivity index (χ1) is 10.0. The second-order valence-corrected chi connectivity index (χ2v) is 8.36. The molecule has 0 radical (unpaired) electrons. The van der Waals surface area contributed by atoms with Crippen molar-refractivity contribution in [3.05, 3.63) is 43.0 Å². The summed E-state index contributed by atoms with van der Waals surface area (Å²) in [6.07, 6.45) is -0.674. The van der Waals surface area contributed by atoms with E-state index in [-0.39, 0.29) is 0 Å². The van der Waals surface area contributed by atoms with Gasteiger partial charge < -0.3 is 14.6 Å². The first kappa shape index (κ1) is 15.3. The van der Waals surface area contributed by atoms with Gasteiger partial charge in [-0.05, 0) is 55.6 Å². The number of rotatable bonds is 2. The number of benzene rings is 1. The Kier molecular flexibility index (Phi) is 4.59. The fourth-order valence-electron chi connectivity index (χ4n) is 2.10. The largest absolute Gasteiger partial charge is 0.489 e. The molecule has 21 heavy (non-hydrogen) atoms. The molecule has 0 fully saturated rings. The summed E-state index contributed by atoms with van der Waals surface area (Å²) in [5.41, 5.74) is 0.799. The Hall–Kier alpha value is -0.560. The SMILES string of the molecule is CC1COc2ccc(C(O)c3cc(Br)c(Br)s3)cc2OC1. The molecule has 1 aromatic heterocycles. The quantitative estimate of drug-likeness (QED) is 0.741. The monoisotopic (exact) mass is 432 g/mol. The highest BCUT2D eigenvalue weighted by Crippen LogP contribution is 2.40. The first-order valence-corrected chi connectivity index (χ1v) is 8.97. The summed E-state index contributed by atoms with van der Waals surface area (Å²) in [5.74, 6) is 1.80. The number of thiophene rings is 1. The molecule has 2 unspecified atom stereocenters. The average molecular weight is 434 g/mol. The Bertz CT molecular complexity index is 637. The smallest absolute Gasteiger partial charge is 0.161 e. The molecule has 0 amide bonds. The number of ether oxygens (including phenoxy) is 2. The molecule has 2 atom stereocenters. The number of aliphatic hydroxyl groups is 1. The van der Waals surface area contributed by atoms with Crippen LogP contribution in [0.5, 0.6) is 11.5 Å². The van der Waals surface area contributed by atoms with Crippen LogP contribution in [0, 0.1) is 5.92 Å². The predicted octanol–water partition coefficient (Wildman–Crippen LogP) is 4.76. The van der Waals surface area contributed by atoms with E-state index < -0.39 is 6.10 Å². The van der Waals surface area contributed by atoms with Crippen molar-refractivity contribution in [3.63, 3.8) is 0 Å². The van der Waals surface area contributed by atoms with Gasteiger partial charge >= 0.3 is 0 Å². The summed E-state index contributed by atoms with van der Waals surface area (Å²) in [7, 11) is 0.